The lowest BCUT2D eigenvalue weighted by Gasteiger charge is -2.04. The van der Waals surface area contributed by atoms with E-state index in [1.807, 2.05) is 12.1 Å². The summed E-state index contributed by atoms with van der Waals surface area (Å²) in [5, 5.41) is 2.79. The van der Waals surface area contributed by atoms with Crippen LogP contribution in [0.3, 0.4) is 0 Å². The summed E-state index contributed by atoms with van der Waals surface area (Å²) >= 11 is 0. The molecule has 0 saturated heterocycles. The number of aromatic amines is 1. The number of aromatic nitrogens is 2. The number of nitrogens with zero attached hydrogens (tertiary/aromatic N) is 1. The van der Waals surface area contributed by atoms with Gasteiger partial charge in [0.1, 0.15) is 0 Å². The average Bonchev–Trinajstić information content (AvgIpc) is 2.78. The van der Waals surface area contributed by atoms with Crippen LogP contribution in [0.25, 0.3) is 0 Å². The number of H-pyrrole nitrogens is 1. The predicted molar refractivity (Wildman–Crippen MR) is 66.3 cm³/mol. The summed E-state index contributed by atoms with van der Waals surface area (Å²) in [6.45, 7) is 2.17. The molecule has 0 aliphatic rings. The second-order valence-corrected chi connectivity index (χ2v) is 3.90. The third-order valence-corrected chi connectivity index (χ3v) is 2.74. The number of hydrogen-bond acceptors (Lipinski definition) is 3. The summed E-state index contributed by atoms with van der Waals surface area (Å²) in [4.78, 5) is 29.2. The van der Waals surface area contributed by atoms with Gasteiger partial charge in [0.15, 0.2) is 6.29 Å². The molecule has 0 radical (unpaired) electrons. The first-order chi connectivity index (χ1) is 8.72. The maximum atomic E-state index is 11.9. The van der Waals surface area contributed by atoms with Crippen molar-refractivity contribution in [2.75, 3.05) is 0 Å². The highest BCUT2D eigenvalue weighted by Gasteiger charge is 2.13. The summed E-state index contributed by atoms with van der Waals surface area (Å²) in [7, 11) is 0. The third-order valence-electron chi connectivity index (χ3n) is 2.74. The minimum atomic E-state index is -0.200. The van der Waals surface area contributed by atoms with Crippen LogP contribution >= 0.6 is 0 Å². The molecule has 0 aliphatic heterocycles. The maximum Gasteiger partial charge on any atom is 0.253 e. The van der Waals surface area contributed by atoms with Gasteiger partial charge < -0.3 is 10.3 Å². The molecule has 2 aromatic heterocycles. The van der Waals surface area contributed by atoms with Crippen molar-refractivity contribution in [2.24, 2.45) is 0 Å². The second kappa shape index (κ2) is 5.27. The molecule has 5 heteroatoms. The Labute approximate surface area is 104 Å². The van der Waals surface area contributed by atoms with Gasteiger partial charge in [-0.15, -0.1) is 0 Å². The molecule has 92 valence electrons. The first-order valence-corrected chi connectivity index (χ1v) is 5.52. The number of carbonyl (C=O) groups is 2. The lowest BCUT2D eigenvalue weighted by molar-refractivity contribution is 0.0950. The lowest BCUT2D eigenvalue weighted by Crippen LogP contribution is -2.23. The highest BCUT2D eigenvalue weighted by Crippen LogP contribution is 2.11. The number of carbonyl (C=O) groups excluding carboxylic acids is 2. The molecule has 1 amide bonds. The van der Waals surface area contributed by atoms with E-state index in [9.17, 15) is 9.59 Å². The van der Waals surface area contributed by atoms with Gasteiger partial charge in [0.25, 0.3) is 5.91 Å². The van der Waals surface area contributed by atoms with E-state index in [0.29, 0.717) is 29.7 Å². The Balaban J connectivity index is 2.04. The Kier molecular flexibility index (Phi) is 3.52. The van der Waals surface area contributed by atoms with Crippen molar-refractivity contribution in [2.45, 2.75) is 13.5 Å². The number of pyridine rings is 1. The fourth-order valence-electron chi connectivity index (χ4n) is 1.65. The number of hydrogen-bond donors (Lipinski definition) is 2. The zero-order valence-electron chi connectivity index (χ0n) is 9.93. The fraction of sp³-hybridized carbons (Fsp3) is 0.154. The van der Waals surface area contributed by atoms with Gasteiger partial charge in [-0.3, -0.25) is 14.6 Å². The van der Waals surface area contributed by atoms with Crippen LogP contribution in [-0.2, 0) is 6.54 Å². The Morgan fingerprint density at radius 1 is 1.44 bits per heavy atom. The summed E-state index contributed by atoms with van der Waals surface area (Å²) in [5.74, 6) is -0.200. The molecule has 2 N–H and O–H groups in total. The van der Waals surface area contributed by atoms with Crippen LogP contribution in [0.4, 0.5) is 0 Å². The molecule has 0 bridgehead atoms. The molecular formula is C13H13N3O2. The van der Waals surface area contributed by atoms with Crippen LogP contribution in [0, 0.1) is 6.92 Å². The van der Waals surface area contributed by atoms with Crippen LogP contribution in [0.15, 0.2) is 30.7 Å². The van der Waals surface area contributed by atoms with E-state index in [2.05, 4.69) is 15.3 Å². The SMILES string of the molecule is Cc1c(C(=O)NCc2ccncc2)c[nH]c1C=O. The van der Waals surface area contributed by atoms with Crippen molar-refractivity contribution in [3.8, 4) is 0 Å². The van der Waals surface area contributed by atoms with E-state index in [4.69, 9.17) is 0 Å². The molecule has 0 atom stereocenters. The van der Waals surface area contributed by atoms with Gasteiger partial charge in [0.2, 0.25) is 0 Å². The third kappa shape index (κ3) is 2.45. The first kappa shape index (κ1) is 12.0. The van der Waals surface area contributed by atoms with Gasteiger partial charge in [-0.1, -0.05) is 0 Å². The van der Waals surface area contributed by atoms with E-state index in [-0.39, 0.29) is 5.91 Å². The standard InChI is InChI=1S/C13H13N3O2/c1-9-11(7-15-12(9)8-17)13(18)16-6-10-2-4-14-5-3-10/h2-5,7-8,15H,6H2,1H3,(H,16,18). The van der Waals surface area contributed by atoms with Gasteiger partial charge in [0, 0.05) is 25.1 Å². The lowest BCUT2D eigenvalue weighted by atomic mass is 10.1. The first-order valence-electron chi connectivity index (χ1n) is 5.52. The van der Waals surface area contributed by atoms with Crippen LogP contribution in [0.5, 0.6) is 0 Å². The molecular weight excluding hydrogens is 230 g/mol. The molecule has 0 saturated carbocycles. The van der Waals surface area contributed by atoms with E-state index in [1.165, 1.54) is 0 Å². The molecule has 18 heavy (non-hydrogen) atoms. The molecule has 0 fully saturated rings. The highest BCUT2D eigenvalue weighted by molar-refractivity contribution is 5.97. The Hall–Kier alpha value is -2.43. The zero-order chi connectivity index (χ0) is 13.0. The number of aldehydes is 1. The molecule has 0 aromatic carbocycles. The smallest absolute Gasteiger partial charge is 0.253 e. The maximum absolute atomic E-state index is 11.9. The number of nitrogens with one attached hydrogen (secondary N) is 2. The quantitative estimate of drug-likeness (QED) is 0.798. The topological polar surface area (TPSA) is 74.8 Å². The van der Waals surface area contributed by atoms with E-state index in [0.717, 1.165) is 5.56 Å². The van der Waals surface area contributed by atoms with Gasteiger partial charge >= 0.3 is 0 Å². The fourth-order valence-corrected chi connectivity index (χ4v) is 1.65. The van der Waals surface area contributed by atoms with E-state index in [1.54, 1.807) is 25.5 Å². The van der Waals surface area contributed by atoms with E-state index >= 15 is 0 Å². The second-order valence-electron chi connectivity index (χ2n) is 3.90. The molecule has 0 unspecified atom stereocenters. The summed E-state index contributed by atoms with van der Waals surface area (Å²) < 4.78 is 0. The molecule has 5 nitrogen and oxygen atoms in total. The largest absolute Gasteiger partial charge is 0.358 e. The average molecular weight is 243 g/mol. The summed E-state index contributed by atoms with van der Waals surface area (Å²) in [6, 6.07) is 3.67. The van der Waals surface area contributed by atoms with Crippen LogP contribution in [0.1, 0.15) is 32.0 Å². The minimum absolute atomic E-state index is 0.200. The number of rotatable bonds is 4. The summed E-state index contributed by atoms with van der Waals surface area (Å²) in [5.41, 5.74) is 2.56. The molecule has 2 rings (SSSR count). The van der Waals surface area contributed by atoms with Crippen LogP contribution in [-0.4, -0.2) is 22.2 Å². The Bertz CT molecular complexity index is 561. The normalized spacial score (nSPS) is 10.1. The van der Waals surface area contributed by atoms with Crippen molar-refractivity contribution >= 4 is 12.2 Å². The van der Waals surface area contributed by atoms with Gasteiger partial charge in [-0.05, 0) is 30.2 Å². The van der Waals surface area contributed by atoms with Crippen molar-refractivity contribution < 1.29 is 9.59 Å². The molecule has 0 aliphatic carbocycles. The minimum Gasteiger partial charge on any atom is -0.358 e. The molecule has 2 heterocycles. The molecule has 2 aromatic rings. The monoisotopic (exact) mass is 243 g/mol. The van der Waals surface area contributed by atoms with Crippen molar-refractivity contribution in [3.63, 3.8) is 0 Å². The molecule has 0 spiro atoms. The van der Waals surface area contributed by atoms with Crippen molar-refractivity contribution in [1.82, 2.24) is 15.3 Å². The van der Waals surface area contributed by atoms with E-state index < -0.39 is 0 Å². The van der Waals surface area contributed by atoms with Crippen molar-refractivity contribution in [1.29, 1.82) is 0 Å². The van der Waals surface area contributed by atoms with Gasteiger partial charge in [-0.2, -0.15) is 0 Å². The predicted octanol–water partition coefficient (Wildman–Crippen LogP) is 1.46. The zero-order valence-corrected chi connectivity index (χ0v) is 9.93. The highest BCUT2D eigenvalue weighted by atomic mass is 16.1. The Morgan fingerprint density at radius 3 is 2.78 bits per heavy atom. The van der Waals surface area contributed by atoms with Crippen LogP contribution < -0.4 is 5.32 Å². The number of amides is 1. The van der Waals surface area contributed by atoms with Crippen molar-refractivity contribution in [3.05, 3.63) is 53.1 Å². The summed E-state index contributed by atoms with van der Waals surface area (Å²) in [6.07, 6.45) is 5.59. The van der Waals surface area contributed by atoms with Crippen LogP contribution in [0.2, 0.25) is 0 Å². The Morgan fingerprint density at radius 2 is 2.17 bits per heavy atom. The van der Waals surface area contributed by atoms with Gasteiger partial charge in [0.05, 0.1) is 11.3 Å². The van der Waals surface area contributed by atoms with Gasteiger partial charge in [-0.25, -0.2) is 0 Å².